The van der Waals surface area contributed by atoms with Gasteiger partial charge in [-0.3, -0.25) is 0 Å². The molecule has 0 fully saturated rings. The number of anilines is 2. The highest BCUT2D eigenvalue weighted by atomic mass is 32.2. The fraction of sp³-hybridized carbons (Fsp3) is 0.158. The van der Waals surface area contributed by atoms with Crippen LogP contribution in [-0.2, 0) is 6.42 Å². The molecule has 2 N–H and O–H groups in total. The second kappa shape index (κ2) is 6.75. The summed E-state index contributed by atoms with van der Waals surface area (Å²) in [6, 6.07) is 21.4. The van der Waals surface area contributed by atoms with Crippen LogP contribution in [0.2, 0.25) is 0 Å². The molecule has 0 aliphatic rings. The first kappa shape index (κ1) is 14.8. The monoisotopic (exact) mass is 308 g/mol. The van der Waals surface area contributed by atoms with Crippen LogP contribution >= 0.6 is 11.9 Å². The highest BCUT2D eigenvalue weighted by molar-refractivity contribution is 8.00. The van der Waals surface area contributed by atoms with Gasteiger partial charge in [-0.25, -0.2) is 0 Å². The van der Waals surface area contributed by atoms with Gasteiger partial charge in [-0.1, -0.05) is 43.3 Å². The number of benzene rings is 3. The Morgan fingerprint density at radius 3 is 2.27 bits per heavy atom. The van der Waals surface area contributed by atoms with E-state index in [1.807, 2.05) is 7.05 Å². The molecule has 2 nitrogen and oxygen atoms in total. The lowest BCUT2D eigenvalue weighted by Gasteiger charge is -2.12. The maximum atomic E-state index is 3.44. The molecule has 3 aromatic rings. The maximum Gasteiger partial charge on any atom is 0.0443 e. The topological polar surface area (TPSA) is 24.1 Å². The van der Waals surface area contributed by atoms with Crippen molar-refractivity contribution in [2.45, 2.75) is 18.2 Å². The van der Waals surface area contributed by atoms with E-state index >= 15 is 0 Å². The van der Waals surface area contributed by atoms with Gasteiger partial charge < -0.3 is 10.0 Å². The van der Waals surface area contributed by atoms with E-state index in [4.69, 9.17) is 0 Å². The van der Waals surface area contributed by atoms with Gasteiger partial charge in [0.25, 0.3) is 0 Å². The third-order valence-corrected chi connectivity index (χ3v) is 4.71. The summed E-state index contributed by atoms with van der Waals surface area (Å²) in [5, 5.41) is 5.76. The van der Waals surface area contributed by atoms with Crippen molar-refractivity contribution in [1.29, 1.82) is 0 Å². The molecule has 112 valence electrons. The quantitative estimate of drug-likeness (QED) is 0.603. The van der Waals surface area contributed by atoms with Crippen LogP contribution in [0.25, 0.3) is 10.8 Å². The lowest BCUT2D eigenvalue weighted by molar-refractivity contribution is 1.14. The average molecular weight is 308 g/mol. The number of hydrogen-bond donors (Lipinski definition) is 2. The first-order valence-corrected chi connectivity index (χ1v) is 8.34. The summed E-state index contributed by atoms with van der Waals surface area (Å²) in [5.41, 5.74) is 3.65. The van der Waals surface area contributed by atoms with Gasteiger partial charge in [0.2, 0.25) is 0 Å². The molecule has 0 aromatic heterocycles. The van der Waals surface area contributed by atoms with Gasteiger partial charge in [-0.2, -0.15) is 0 Å². The zero-order valence-electron chi connectivity index (χ0n) is 12.9. The average Bonchev–Trinajstić information content (AvgIpc) is 2.60. The fourth-order valence-corrected chi connectivity index (χ4v) is 3.29. The van der Waals surface area contributed by atoms with Crippen molar-refractivity contribution < 1.29 is 0 Å². The summed E-state index contributed by atoms with van der Waals surface area (Å²) in [6.07, 6.45) is 1.07. The molecule has 0 spiro atoms. The van der Waals surface area contributed by atoms with Crippen molar-refractivity contribution in [2.75, 3.05) is 17.1 Å². The van der Waals surface area contributed by atoms with Crippen molar-refractivity contribution in [3.05, 3.63) is 66.2 Å². The van der Waals surface area contributed by atoms with Gasteiger partial charge in [-0.05, 0) is 53.6 Å². The van der Waals surface area contributed by atoms with Crippen molar-refractivity contribution in [2.24, 2.45) is 0 Å². The summed E-state index contributed by atoms with van der Waals surface area (Å²) < 4.78 is 3.44. The predicted molar refractivity (Wildman–Crippen MR) is 98.8 cm³/mol. The van der Waals surface area contributed by atoms with Crippen LogP contribution in [0.5, 0.6) is 0 Å². The molecular weight excluding hydrogens is 288 g/mol. The lowest BCUT2D eigenvalue weighted by Crippen LogP contribution is -1.92. The van der Waals surface area contributed by atoms with E-state index in [-0.39, 0.29) is 0 Å². The van der Waals surface area contributed by atoms with E-state index in [1.165, 1.54) is 21.2 Å². The fourth-order valence-electron chi connectivity index (χ4n) is 2.50. The normalized spacial score (nSPS) is 10.6. The van der Waals surface area contributed by atoms with Gasteiger partial charge in [0, 0.05) is 28.7 Å². The molecule has 0 heterocycles. The van der Waals surface area contributed by atoms with Gasteiger partial charge in [0.15, 0.2) is 0 Å². The summed E-state index contributed by atoms with van der Waals surface area (Å²) in [4.78, 5) is 1.23. The van der Waals surface area contributed by atoms with Gasteiger partial charge in [-0.15, -0.1) is 0 Å². The van der Waals surface area contributed by atoms with E-state index in [2.05, 4.69) is 77.6 Å². The first-order chi connectivity index (χ1) is 10.8. The summed E-state index contributed by atoms with van der Waals surface area (Å²) in [5.74, 6) is 0. The van der Waals surface area contributed by atoms with Crippen LogP contribution < -0.4 is 10.0 Å². The Hall–Kier alpha value is -2.13. The Morgan fingerprint density at radius 2 is 1.59 bits per heavy atom. The molecule has 0 aliphatic carbocycles. The van der Waals surface area contributed by atoms with Crippen LogP contribution in [0.3, 0.4) is 0 Å². The molecule has 22 heavy (non-hydrogen) atoms. The van der Waals surface area contributed by atoms with Crippen LogP contribution in [0.4, 0.5) is 11.4 Å². The molecule has 0 saturated carbocycles. The third-order valence-electron chi connectivity index (χ3n) is 3.79. The Labute approximate surface area is 136 Å². The van der Waals surface area contributed by atoms with E-state index in [9.17, 15) is 0 Å². The minimum absolute atomic E-state index is 1.07. The van der Waals surface area contributed by atoms with Crippen LogP contribution in [0, 0.1) is 0 Å². The van der Waals surface area contributed by atoms with Gasteiger partial charge >= 0.3 is 0 Å². The molecule has 0 bridgehead atoms. The summed E-state index contributed by atoms with van der Waals surface area (Å²) >= 11 is 1.66. The standard InChI is InChI=1S/C19H20N2S/c1-3-14-8-10-15(11-9-14)21-22-19-13-12-18(20-2)16-6-4-5-7-17(16)19/h4-13,20-21H,3H2,1-2H3. The number of nitrogens with one attached hydrogen (secondary N) is 2. The second-order valence-corrected chi connectivity index (χ2v) is 6.01. The number of hydrogen-bond acceptors (Lipinski definition) is 3. The first-order valence-electron chi connectivity index (χ1n) is 7.53. The van der Waals surface area contributed by atoms with Gasteiger partial charge in [0.05, 0.1) is 0 Å². The van der Waals surface area contributed by atoms with Crippen molar-refractivity contribution >= 4 is 34.1 Å². The minimum Gasteiger partial charge on any atom is -0.388 e. The van der Waals surface area contributed by atoms with Crippen molar-refractivity contribution in [3.8, 4) is 0 Å². The Bertz CT molecular complexity index is 766. The van der Waals surface area contributed by atoms with Crippen LogP contribution in [0.1, 0.15) is 12.5 Å². The van der Waals surface area contributed by atoms with E-state index < -0.39 is 0 Å². The molecule has 0 aliphatic heterocycles. The zero-order valence-corrected chi connectivity index (χ0v) is 13.7. The Balaban J connectivity index is 1.84. The van der Waals surface area contributed by atoms with E-state index in [0.29, 0.717) is 0 Å². The number of aryl methyl sites for hydroxylation is 1. The molecule has 0 atom stereocenters. The maximum absolute atomic E-state index is 3.44. The zero-order chi connectivity index (χ0) is 15.4. The second-order valence-electron chi connectivity index (χ2n) is 5.16. The molecule has 0 amide bonds. The minimum atomic E-state index is 1.07. The lowest BCUT2D eigenvalue weighted by atomic mass is 10.1. The van der Waals surface area contributed by atoms with E-state index in [0.717, 1.165) is 17.8 Å². The molecule has 0 saturated heterocycles. The van der Waals surface area contributed by atoms with Crippen LogP contribution in [-0.4, -0.2) is 7.05 Å². The van der Waals surface area contributed by atoms with Crippen molar-refractivity contribution in [1.82, 2.24) is 0 Å². The summed E-state index contributed by atoms with van der Waals surface area (Å²) in [7, 11) is 1.96. The molecule has 3 heteroatoms. The van der Waals surface area contributed by atoms with E-state index in [1.54, 1.807) is 11.9 Å². The number of fused-ring (bicyclic) bond motifs is 1. The predicted octanol–water partition coefficient (Wildman–Crippen LogP) is 5.56. The Kier molecular flexibility index (Phi) is 4.54. The Morgan fingerprint density at radius 1 is 0.864 bits per heavy atom. The molecule has 3 aromatic carbocycles. The third kappa shape index (κ3) is 3.04. The number of rotatable bonds is 5. The molecule has 0 radical (unpaired) electrons. The van der Waals surface area contributed by atoms with Gasteiger partial charge in [0.1, 0.15) is 0 Å². The molecular formula is C19H20N2S. The highest BCUT2D eigenvalue weighted by Gasteiger charge is 2.05. The molecule has 3 rings (SSSR count). The van der Waals surface area contributed by atoms with Crippen LogP contribution in [0.15, 0.2) is 65.6 Å². The van der Waals surface area contributed by atoms with Crippen molar-refractivity contribution in [3.63, 3.8) is 0 Å². The largest absolute Gasteiger partial charge is 0.388 e. The smallest absolute Gasteiger partial charge is 0.0443 e. The summed E-state index contributed by atoms with van der Waals surface area (Å²) in [6.45, 7) is 2.17. The SMILES string of the molecule is CCc1ccc(NSc2ccc(NC)c3ccccc23)cc1. The molecule has 0 unspecified atom stereocenters. The highest BCUT2D eigenvalue weighted by Crippen LogP contribution is 2.33.